The van der Waals surface area contributed by atoms with E-state index >= 15 is 0 Å². The fraction of sp³-hybridized carbons (Fsp3) is 0.476. The predicted molar refractivity (Wildman–Crippen MR) is 114 cm³/mol. The monoisotopic (exact) mass is 467 g/mol. The topological polar surface area (TPSA) is 77.0 Å². The summed E-state index contributed by atoms with van der Waals surface area (Å²) in [6.07, 6.45) is 5.53. The molecule has 2 atom stereocenters. The summed E-state index contributed by atoms with van der Waals surface area (Å²) >= 11 is 0. The number of halogens is 3. The van der Waals surface area contributed by atoms with E-state index in [1.54, 1.807) is 30.0 Å². The van der Waals surface area contributed by atoms with Crippen molar-refractivity contribution in [1.82, 2.24) is 20.4 Å². The largest absolute Gasteiger partial charge is 0.417 e. The van der Waals surface area contributed by atoms with Gasteiger partial charge in [-0.1, -0.05) is 6.92 Å². The number of amidine groups is 1. The van der Waals surface area contributed by atoms with Gasteiger partial charge in [0, 0.05) is 19.4 Å². The molecule has 172 valence electrons. The molecule has 0 aromatic rings. The fourth-order valence-electron chi connectivity index (χ4n) is 4.31. The van der Waals surface area contributed by atoms with Crippen LogP contribution < -0.4 is 10.6 Å². The van der Waals surface area contributed by atoms with Crippen LogP contribution in [0.3, 0.4) is 0 Å². The van der Waals surface area contributed by atoms with Gasteiger partial charge in [0.15, 0.2) is 20.7 Å². The second-order valence-electron chi connectivity index (χ2n) is 8.57. The molecule has 0 bridgehead atoms. The minimum Gasteiger partial charge on any atom is -0.366 e. The average Bonchev–Trinajstić information content (AvgIpc) is 3.37. The first-order valence-electron chi connectivity index (χ1n) is 10.6. The van der Waals surface area contributed by atoms with E-state index in [4.69, 9.17) is 0 Å². The maximum Gasteiger partial charge on any atom is 0.417 e. The molecule has 4 aliphatic heterocycles. The van der Waals surface area contributed by atoms with Crippen molar-refractivity contribution in [3.8, 4) is 0 Å². The van der Waals surface area contributed by atoms with Gasteiger partial charge in [-0.3, -0.25) is 0 Å². The molecule has 11 heteroatoms. The Balaban J connectivity index is 1.53. The van der Waals surface area contributed by atoms with Crippen molar-refractivity contribution in [1.29, 1.82) is 0 Å². The molecule has 5 rings (SSSR count). The van der Waals surface area contributed by atoms with Crippen LogP contribution in [-0.2, 0) is 9.84 Å². The molecule has 2 N–H and O–H groups in total. The Morgan fingerprint density at radius 2 is 2.03 bits per heavy atom. The summed E-state index contributed by atoms with van der Waals surface area (Å²) < 4.78 is 65.5. The van der Waals surface area contributed by atoms with Gasteiger partial charge in [-0.15, -0.1) is 0 Å². The van der Waals surface area contributed by atoms with Gasteiger partial charge in [-0.05, 0) is 49.0 Å². The molecule has 32 heavy (non-hydrogen) atoms. The molecule has 5 aliphatic rings. The molecule has 0 amide bonds. The van der Waals surface area contributed by atoms with Crippen molar-refractivity contribution >= 4 is 15.7 Å². The molecule has 7 nitrogen and oxygen atoms in total. The molecule has 4 heterocycles. The minimum atomic E-state index is -4.50. The molecule has 1 aliphatic carbocycles. The zero-order chi connectivity index (χ0) is 22.8. The normalized spacial score (nSPS) is 27.3. The van der Waals surface area contributed by atoms with E-state index in [2.05, 4.69) is 15.6 Å². The first-order valence-corrected chi connectivity index (χ1v) is 12.2. The number of rotatable bonds is 5. The maximum absolute atomic E-state index is 13.2. The lowest BCUT2D eigenvalue weighted by atomic mass is 10.1. The zero-order valence-corrected chi connectivity index (χ0v) is 18.5. The molecule has 0 saturated heterocycles. The Kier molecular flexibility index (Phi) is 4.74. The number of allylic oxidation sites excluding steroid dienone is 4. The molecule has 1 fully saturated rings. The Morgan fingerprint density at radius 3 is 2.69 bits per heavy atom. The molecular weight excluding hydrogens is 443 g/mol. The third-order valence-electron chi connectivity index (χ3n) is 6.24. The van der Waals surface area contributed by atoms with Crippen molar-refractivity contribution in [3.63, 3.8) is 0 Å². The summed E-state index contributed by atoms with van der Waals surface area (Å²) in [6, 6.07) is 0. The number of hydrogen-bond acceptors (Lipinski definition) is 7. The van der Waals surface area contributed by atoms with Crippen molar-refractivity contribution in [2.24, 2.45) is 10.9 Å². The Morgan fingerprint density at radius 1 is 1.28 bits per heavy atom. The van der Waals surface area contributed by atoms with Crippen LogP contribution >= 0.6 is 0 Å². The number of aliphatic imine (C=N–C) groups is 1. The Hall–Kier alpha value is -2.69. The van der Waals surface area contributed by atoms with Gasteiger partial charge in [0.25, 0.3) is 0 Å². The lowest BCUT2D eigenvalue weighted by Crippen LogP contribution is -2.44. The van der Waals surface area contributed by atoms with Crippen LogP contribution in [0.2, 0.25) is 0 Å². The maximum atomic E-state index is 13.2. The van der Waals surface area contributed by atoms with Gasteiger partial charge in [0.05, 0.1) is 17.0 Å². The highest BCUT2D eigenvalue weighted by atomic mass is 32.2. The summed E-state index contributed by atoms with van der Waals surface area (Å²) in [5.74, 6) is 0.870. The summed E-state index contributed by atoms with van der Waals surface area (Å²) in [5, 5.41) is 6.09. The molecule has 0 spiro atoms. The SMILES string of the molecule is CCS(=O)(=O)C1=C(C2=NC3=CC(C(F)(F)F)=CNC3N2C)NC2C=C(CC3CC3)C=CN12. The summed E-state index contributed by atoms with van der Waals surface area (Å²) in [4.78, 5) is 7.74. The first-order chi connectivity index (χ1) is 15.1. The van der Waals surface area contributed by atoms with Crippen LogP contribution in [0.25, 0.3) is 0 Å². The number of likely N-dealkylation sites (N-methyl/N-ethyl adjacent to an activating group) is 1. The smallest absolute Gasteiger partial charge is 0.366 e. The van der Waals surface area contributed by atoms with Crippen molar-refractivity contribution in [3.05, 3.63) is 58.2 Å². The quantitative estimate of drug-likeness (QED) is 0.648. The standard InChI is InChI=1S/C21H24F3N5O2S/c1-3-32(30,31)20-17(27-16-9-13(6-7-29(16)20)8-12-4-5-12)19-26-15-10-14(21(22,23)24)11-25-18(15)28(19)2/h6-7,9-12,16,18,25,27H,3-5,8H2,1-2H3. The molecule has 0 aromatic carbocycles. The Bertz CT molecular complexity index is 1140. The van der Waals surface area contributed by atoms with E-state index in [0.717, 1.165) is 24.3 Å². The van der Waals surface area contributed by atoms with Gasteiger partial charge in [0.2, 0.25) is 0 Å². The van der Waals surface area contributed by atoms with E-state index in [1.165, 1.54) is 12.8 Å². The predicted octanol–water partition coefficient (Wildman–Crippen LogP) is 2.68. The molecule has 0 radical (unpaired) electrons. The van der Waals surface area contributed by atoms with Crippen LogP contribution in [0.4, 0.5) is 13.2 Å². The number of fused-ring (bicyclic) bond motifs is 2. The third-order valence-corrected chi connectivity index (χ3v) is 8.01. The number of alkyl halides is 3. The second-order valence-corrected chi connectivity index (χ2v) is 10.8. The van der Waals surface area contributed by atoms with Crippen LogP contribution in [0.5, 0.6) is 0 Å². The summed E-state index contributed by atoms with van der Waals surface area (Å²) in [6.45, 7) is 1.57. The highest BCUT2D eigenvalue weighted by Gasteiger charge is 2.44. The van der Waals surface area contributed by atoms with Crippen molar-refractivity contribution in [2.45, 2.75) is 44.7 Å². The van der Waals surface area contributed by atoms with E-state index < -0.39 is 27.8 Å². The average molecular weight is 468 g/mol. The van der Waals surface area contributed by atoms with E-state index in [9.17, 15) is 21.6 Å². The molecule has 1 saturated carbocycles. The van der Waals surface area contributed by atoms with E-state index in [0.29, 0.717) is 11.6 Å². The number of nitrogens with zero attached hydrogens (tertiary/aromatic N) is 3. The van der Waals surface area contributed by atoms with Gasteiger partial charge in [-0.25, -0.2) is 13.4 Å². The lowest BCUT2D eigenvalue weighted by molar-refractivity contribution is -0.0890. The second kappa shape index (κ2) is 7.16. The zero-order valence-electron chi connectivity index (χ0n) is 17.6. The highest BCUT2D eigenvalue weighted by molar-refractivity contribution is 7.95. The molecule has 0 aromatic heterocycles. The summed E-state index contributed by atoms with van der Waals surface area (Å²) in [5.41, 5.74) is 0.809. The van der Waals surface area contributed by atoms with Crippen LogP contribution in [0.15, 0.2) is 63.2 Å². The highest BCUT2D eigenvalue weighted by Crippen LogP contribution is 2.39. The van der Waals surface area contributed by atoms with Crippen molar-refractivity contribution < 1.29 is 21.6 Å². The first kappa shape index (κ1) is 21.2. The number of dihydropyridines is 1. The van der Waals surface area contributed by atoms with Gasteiger partial charge in [-0.2, -0.15) is 13.2 Å². The lowest BCUT2D eigenvalue weighted by Gasteiger charge is -2.27. The van der Waals surface area contributed by atoms with Crippen LogP contribution in [0, 0.1) is 5.92 Å². The molecular formula is C21H24F3N5O2S. The van der Waals surface area contributed by atoms with E-state index in [-0.39, 0.29) is 28.5 Å². The van der Waals surface area contributed by atoms with E-state index in [1.807, 2.05) is 12.2 Å². The van der Waals surface area contributed by atoms with Gasteiger partial charge in [0.1, 0.15) is 18.0 Å². The minimum absolute atomic E-state index is 0.0943. The summed E-state index contributed by atoms with van der Waals surface area (Å²) in [7, 11) is -1.97. The Labute approximate surface area is 184 Å². The van der Waals surface area contributed by atoms with Gasteiger partial charge < -0.3 is 20.4 Å². The van der Waals surface area contributed by atoms with Gasteiger partial charge >= 0.3 is 6.18 Å². The third kappa shape index (κ3) is 3.52. The molecule has 2 unspecified atom stereocenters. The van der Waals surface area contributed by atoms with Crippen LogP contribution in [0.1, 0.15) is 26.2 Å². The number of hydrogen-bond donors (Lipinski definition) is 2. The van der Waals surface area contributed by atoms with Crippen molar-refractivity contribution in [2.75, 3.05) is 12.8 Å². The van der Waals surface area contributed by atoms with Crippen LogP contribution in [-0.4, -0.2) is 55.4 Å². The number of nitrogens with one attached hydrogen (secondary N) is 2. The number of sulfone groups is 1. The fourth-order valence-corrected chi connectivity index (χ4v) is 5.54.